The minimum Gasteiger partial charge on any atom is -0.481 e. The van der Waals surface area contributed by atoms with E-state index in [1.165, 1.54) is 0 Å². The Labute approximate surface area is 117 Å². The van der Waals surface area contributed by atoms with E-state index in [9.17, 15) is 15.0 Å². The lowest BCUT2D eigenvalue weighted by molar-refractivity contribution is -0.136. The Hall–Kier alpha value is -1.91. The summed E-state index contributed by atoms with van der Waals surface area (Å²) >= 11 is 0. The summed E-state index contributed by atoms with van der Waals surface area (Å²) in [6.45, 7) is 0. The van der Waals surface area contributed by atoms with Crippen LogP contribution in [0.25, 0.3) is 6.08 Å². The SMILES string of the molecule is O=C(O)CCC1=C(C=Cc2ccccc2)[C@H](O)C[C@@H]1O. The van der Waals surface area contributed by atoms with Gasteiger partial charge < -0.3 is 15.3 Å². The number of aliphatic carboxylic acids is 1. The summed E-state index contributed by atoms with van der Waals surface area (Å²) < 4.78 is 0. The summed E-state index contributed by atoms with van der Waals surface area (Å²) in [6.07, 6.45) is 2.62. The van der Waals surface area contributed by atoms with Crippen molar-refractivity contribution in [2.75, 3.05) is 0 Å². The molecule has 2 atom stereocenters. The van der Waals surface area contributed by atoms with E-state index in [1.54, 1.807) is 6.08 Å². The first-order valence-electron chi connectivity index (χ1n) is 6.62. The molecule has 0 heterocycles. The van der Waals surface area contributed by atoms with Crippen molar-refractivity contribution in [1.82, 2.24) is 0 Å². The van der Waals surface area contributed by atoms with E-state index in [4.69, 9.17) is 5.11 Å². The fraction of sp³-hybridized carbons (Fsp3) is 0.312. The van der Waals surface area contributed by atoms with Crippen LogP contribution in [0, 0.1) is 0 Å². The van der Waals surface area contributed by atoms with Crippen molar-refractivity contribution in [1.29, 1.82) is 0 Å². The fourth-order valence-electron chi connectivity index (χ4n) is 2.41. The highest BCUT2D eigenvalue weighted by Gasteiger charge is 2.29. The third-order valence-electron chi connectivity index (χ3n) is 3.44. The molecule has 0 spiro atoms. The van der Waals surface area contributed by atoms with Crippen molar-refractivity contribution >= 4 is 12.0 Å². The van der Waals surface area contributed by atoms with Gasteiger partial charge in [0.25, 0.3) is 0 Å². The maximum absolute atomic E-state index is 10.6. The molecule has 0 aromatic heterocycles. The van der Waals surface area contributed by atoms with Crippen LogP contribution in [0.5, 0.6) is 0 Å². The van der Waals surface area contributed by atoms with Gasteiger partial charge in [-0.2, -0.15) is 0 Å². The number of carboxylic acids is 1. The lowest BCUT2D eigenvalue weighted by Crippen LogP contribution is -2.09. The standard InChI is InChI=1S/C16H18O4/c17-14-10-15(18)13(8-9-16(19)20)12(14)7-6-11-4-2-1-3-5-11/h1-7,14-15,17-18H,8-10H2,(H,19,20)/t14-,15+/m1/s1. The maximum atomic E-state index is 10.6. The molecule has 4 heteroatoms. The Kier molecular flexibility index (Phi) is 4.71. The second-order valence-electron chi connectivity index (χ2n) is 4.89. The number of hydrogen-bond acceptors (Lipinski definition) is 3. The predicted octanol–water partition coefficient (Wildman–Crippen LogP) is 1.99. The highest BCUT2D eigenvalue weighted by Crippen LogP contribution is 2.31. The molecule has 0 amide bonds. The summed E-state index contributed by atoms with van der Waals surface area (Å²) in [5.74, 6) is -0.905. The fourth-order valence-corrected chi connectivity index (χ4v) is 2.41. The Balaban J connectivity index is 2.19. The van der Waals surface area contributed by atoms with Crippen molar-refractivity contribution in [3.63, 3.8) is 0 Å². The summed E-state index contributed by atoms with van der Waals surface area (Å²) in [5.41, 5.74) is 2.26. The third-order valence-corrected chi connectivity index (χ3v) is 3.44. The van der Waals surface area contributed by atoms with Gasteiger partial charge in [0.1, 0.15) is 0 Å². The van der Waals surface area contributed by atoms with Gasteiger partial charge in [0.05, 0.1) is 12.2 Å². The Bertz CT molecular complexity index is 531. The number of aliphatic hydroxyl groups is 2. The molecule has 20 heavy (non-hydrogen) atoms. The highest BCUT2D eigenvalue weighted by atomic mass is 16.4. The number of aliphatic hydroxyl groups excluding tert-OH is 2. The Morgan fingerprint density at radius 3 is 2.50 bits per heavy atom. The summed E-state index contributed by atoms with van der Waals surface area (Å²) in [4.78, 5) is 10.6. The molecule has 0 radical (unpaired) electrons. The van der Waals surface area contributed by atoms with E-state index >= 15 is 0 Å². The van der Waals surface area contributed by atoms with Crippen LogP contribution in [0.1, 0.15) is 24.8 Å². The molecule has 0 aliphatic heterocycles. The predicted molar refractivity (Wildman–Crippen MR) is 76.0 cm³/mol. The summed E-state index contributed by atoms with van der Waals surface area (Å²) in [5, 5.41) is 28.6. The molecule has 1 aliphatic carbocycles. The second-order valence-corrected chi connectivity index (χ2v) is 4.89. The molecule has 0 saturated heterocycles. The maximum Gasteiger partial charge on any atom is 0.303 e. The zero-order valence-corrected chi connectivity index (χ0v) is 11.1. The average Bonchev–Trinajstić information content (AvgIpc) is 2.69. The monoisotopic (exact) mass is 274 g/mol. The third kappa shape index (κ3) is 3.56. The number of carbonyl (C=O) groups is 1. The lowest BCUT2D eigenvalue weighted by atomic mass is 10.0. The molecular formula is C16H18O4. The first kappa shape index (κ1) is 14.5. The van der Waals surface area contributed by atoms with Crippen LogP contribution in [0.2, 0.25) is 0 Å². The summed E-state index contributed by atoms with van der Waals surface area (Å²) in [7, 11) is 0. The van der Waals surface area contributed by atoms with Crippen LogP contribution < -0.4 is 0 Å². The first-order valence-corrected chi connectivity index (χ1v) is 6.62. The largest absolute Gasteiger partial charge is 0.481 e. The minimum atomic E-state index is -0.905. The van der Waals surface area contributed by atoms with Crippen molar-refractivity contribution in [2.24, 2.45) is 0 Å². The van der Waals surface area contributed by atoms with Gasteiger partial charge in [-0.3, -0.25) is 4.79 Å². The smallest absolute Gasteiger partial charge is 0.303 e. The van der Waals surface area contributed by atoms with Crippen LogP contribution in [0.4, 0.5) is 0 Å². The molecule has 2 rings (SSSR count). The topological polar surface area (TPSA) is 77.8 Å². The molecule has 3 N–H and O–H groups in total. The van der Waals surface area contributed by atoms with Crippen molar-refractivity contribution in [3.05, 3.63) is 53.1 Å². The zero-order chi connectivity index (χ0) is 14.5. The minimum absolute atomic E-state index is 0.0399. The van der Waals surface area contributed by atoms with E-state index < -0.39 is 18.2 Å². The van der Waals surface area contributed by atoms with Gasteiger partial charge in [0.15, 0.2) is 0 Å². The highest BCUT2D eigenvalue weighted by molar-refractivity contribution is 5.67. The molecule has 1 aromatic rings. The van der Waals surface area contributed by atoms with E-state index in [0.717, 1.165) is 5.56 Å². The van der Waals surface area contributed by atoms with Gasteiger partial charge in [-0.05, 0) is 23.1 Å². The average molecular weight is 274 g/mol. The molecule has 1 aromatic carbocycles. The van der Waals surface area contributed by atoms with E-state index in [0.29, 0.717) is 11.1 Å². The lowest BCUT2D eigenvalue weighted by Gasteiger charge is -2.07. The van der Waals surface area contributed by atoms with Crippen LogP contribution in [-0.4, -0.2) is 33.5 Å². The van der Waals surface area contributed by atoms with Gasteiger partial charge in [-0.1, -0.05) is 42.5 Å². The van der Waals surface area contributed by atoms with E-state index in [2.05, 4.69) is 0 Å². The number of benzene rings is 1. The van der Waals surface area contributed by atoms with Crippen molar-refractivity contribution in [2.45, 2.75) is 31.5 Å². The quantitative estimate of drug-likeness (QED) is 0.767. The van der Waals surface area contributed by atoms with Crippen molar-refractivity contribution in [3.8, 4) is 0 Å². The zero-order valence-electron chi connectivity index (χ0n) is 11.1. The van der Waals surface area contributed by atoms with Crippen molar-refractivity contribution < 1.29 is 20.1 Å². The Morgan fingerprint density at radius 1 is 1.15 bits per heavy atom. The Morgan fingerprint density at radius 2 is 1.85 bits per heavy atom. The van der Waals surface area contributed by atoms with Crippen LogP contribution >= 0.6 is 0 Å². The van der Waals surface area contributed by atoms with Crippen LogP contribution in [0.3, 0.4) is 0 Å². The molecule has 1 aliphatic rings. The molecule has 4 nitrogen and oxygen atoms in total. The van der Waals surface area contributed by atoms with Gasteiger partial charge >= 0.3 is 5.97 Å². The summed E-state index contributed by atoms with van der Waals surface area (Å²) in [6, 6.07) is 9.62. The molecule has 0 saturated carbocycles. The number of carboxylic acid groups (broad SMARTS) is 1. The van der Waals surface area contributed by atoms with Crippen LogP contribution in [-0.2, 0) is 4.79 Å². The van der Waals surface area contributed by atoms with Gasteiger partial charge in [-0.25, -0.2) is 0 Å². The van der Waals surface area contributed by atoms with E-state index in [-0.39, 0.29) is 19.3 Å². The molecular weight excluding hydrogens is 256 g/mol. The first-order chi connectivity index (χ1) is 9.58. The van der Waals surface area contributed by atoms with Gasteiger partial charge in [0.2, 0.25) is 0 Å². The molecule has 0 bridgehead atoms. The van der Waals surface area contributed by atoms with Gasteiger partial charge in [-0.15, -0.1) is 0 Å². The second kappa shape index (κ2) is 6.50. The van der Waals surface area contributed by atoms with E-state index in [1.807, 2.05) is 36.4 Å². The molecule has 0 unspecified atom stereocenters. The molecule has 0 fully saturated rings. The number of hydrogen-bond donors (Lipinski definition) is 3. The number of rotatable bonds is 5. The normalized spacial score (nSPS) is 22.7. The van der Waals surface area contributed by atoms with Gasteiger partial charge in [0, 0.05) is 12.8 Å². The van der Waals surface area contributed by atoms with Crippen LogP contribution in [0.15, 0.2) is 47.6 Å². The molecule has 106 valence electrons.